The fourth-order valence-electron chi connectivity index (χ4n) is 2.96. The molecule has 3 rings (SSSR count). The molecule has 0 fully saturated rings. The molecule has 0 saturated carbocycles. The minimum Gasteiger partial charge on any atom is -0.478 e. The number of carbonyl (C=O) groups is 3. The lowest BCUT2D eigenvalue weighted by Crippen LogP contribution is -2.34. The maximum Gasteiger partial charge on any atom is 0.337 e. The Kier molecular flexibility index (Phi) is 4.94. The lowest BCUT2D eigenvalue weighted by atomic mass is 10.00. The molecule has 1 aliphatic carbocycles. The number of carboxylic acids is 1. The number of rotatable bonds is 6. The summed E-state index contributed by atoms with van der Waals surface area (Å²) < 4.78 is 1.75. The van der Waals surface area contributed by atoms with Crippen molar-refractivity contribution in [2.75, 3.05) is 23.7 Å². The van der Waals surface area contributed by atoms with E-state index in [0.29, 0.717) is 35.6 Å². The second-order valence-electron chi connectivity index (χ2n) is 5.75. The van der Waals surface area contributed by atoms with Gasteiger partial charge in [-0.2, -0.15) is 0 Å². The number of carbonyl (C=O) groups excluding carboxylic acids is 2. The molecule has 0 bridgehead atoms. The molecule has 130 valence electrons. The Bertz CT molecular complexity index is 800. The normalized spacial score (nSPS) is 16.4. The number of hydrogen-bond donors (Lipinski definition) is 1. The number of allylic oxidation sites excluding steroid dienone is 1. The molecule has 1 aliphatic heterocycles. The third-order valence-corrected chi connectivity index (χ3v) is 5.17. The predicted octanol–water partition coefficient (Wildman–Crippen LogP) is 2.48. The van der Waals surface area contributed by atoms with Gasteiger partial charge in [0, 0.05) is 30.5 Å². The molecule has 0 aromatic heterocycles. The van der Waals surface area contributed by atoms with Crippen LogP contribution in [0.3, 0.4) is 0 Å². The topological polar surface area (TPSA) is 77.9 Å². The summed E-state index contributed by atoms with van der Waals surface area (Å²) in [6, 6.07) is 6.73. The highest BCUT2D eigenvalue weighted by atomic mass is 32.2. The first-order valence-electron chi connectivity index (χ1n) is 7.95. The SMILES string of the molecule is CN(SCCN1C(=O)C2=C(CCC=C2)C1=O)c1ccccc1C(=O)O. The Morgan fingerprint density at radius 2 is 2.04 bits per heavy atom. The Balaban J connectivity index is 1.61. The van der Waals surface area contributed by atoms with Crippen LogP contribution in [-0.4, -0.2) is 47.1 Å². The summed E-state index contributed by atoms with van der Waals surface area (Å²) >= 11 is 1.37. The molecule has 0 saturated heterocycles. The molecule has 1 heterocycles. The fraction of sp³-hybridized carbons (Fsp3) is 0.278. The first-order valence-corrected chi connectivity index (χ1v) is 8.90. The molecule has 7 heteroatoms. The first-order chi connectivity index (χ1) is 12.0. The van der Waals surface area contributed by atoms with E-state index in [2.05, 4.69) is 0 Å². The van der Waals surface area contributed by atoms with Gasteiger partial charge in [-0.1, -0.05) is 24.3 Å². The summed E-state index contributed by atoms with van der Waals surface area (Å²) in [7, 11) is 1.77. The van der Waals surface area contributed by atoms with E-state index in [9.17, 15) is 19.5 Å². The zero-order valence-electron chi connectivity index (χ0n) is 13.8. The summed E-state index contributed by atoms with van der Waals surface area (Å²) in [6.07, 6.45) is 5.06. The zero-order valence-corrected chi connectivity index (χ0v) is 14.6. The van der Waals surface area contributed by atoms with Gasteiger partial charge in [-0.3, -0.25) is 14.5 Å². The zero-order chi connectivity index (χ0) is 18.0. The molecule has 6 nitrogen and oxygen atoms in total. The molecule has 2 amide bonds. The molecule has 0 radical (unpaired) electrons. The summed E-state index contributed by atoms with van der Waals surface area (Å²) in [5, 5.41) is 9.26. The molecule has 0 unspecified atom stereocenters. The van der Waals surface area contributed by atoms with E-state index in [1.807, 2.05) is 6.08 Å². The van der Waals surface area contributed by atoms with Crippen LogP contribution in [0.2, 0.25) is 0 Å². The van der Waals surface area contributed by atoms with Crippen molar-refractivity contribution in [3.8, 4) is 0 Å². The molecule has 0 spiro atoms. The summed E-state index contributed by atoms with van der Waals surface area (Å²) in [6.45, 7) is 0.294. The van der Waals surface area contributed by atoms with Gasteiger partial charge in [0.1, 0.15) is 0 Å². The summed E-state index contributed by atoms with van der Waals surface area (Å²) in [4.78, 5) is 37.3. The Morgan fingerprint density at radius 1 is 1.28 bits per heavy atom. The highest BCUT2D eigenvalue weighted by Crippen LogP contribution is 2.30. The van der Waals surface area contributed by atoms with Gasteiger partial charge in [0.05, 0.1) is 11.3 Å². The number of anilines is 1. The largest absolute Gasteiger partial charge is 0.478 e. The average Bonchev–Trinajstić information content (AvgIpc) is 2.86. The fourth-order valence-corrected chi connectivity index (χ4v) is 3.79. The van der Waals surface area contributed by atoms with Crippen LogP contribution in [0.4, 0.5) is 5.69 Å². The molecule has 1 N–H and O–H groups in total. The van der Waals surface area contributed by atoms with E-state index in [0.717, 1.165) is 6.42 Å². The maximum atomic E-state index is 12.4. The van der Waals surface area contributed by atoms with Crippen molar-refractivity contribution in [3.63, 3.8) is 0 Å². The molecule has 25 heavy (non-hydrogen) atoms. The Morgan fingerprint density at radius 3 is 2.76 bits per heavy atom. The monoisotopic (exact) mass is 358 g/mol. The summed E-state index contributed by atoms with van der Waals surface area (Å²) in [5.41, 5.74) is 1.93. The maximum absolute atomic E-state index is 12.4. The third kappa shape index (κ3) is 3.32. The van der Waals surface area contributed by atoms with Crippen molar-refractivity contribution in [1.29, 1.82) is 0 Å². The van der Waals surface area contributed by atoms with E-state index in [-0.39, 0.29) is 17.4 Å². The van der Waals surface area contributed by atoms with Crippen molar-refractivity contribution in [3.05, 3.63) is 53.1 Å². The van der Waals surface area contributed by atoms with Crippen LogP contribution in [0.15, 0.2) is 47.6 Å². The predicted molar refractivity (Wildman–Crippen MR) is 96.4 cm³/mol. The quantitative estimate of drug-likeness (QED) is 0.622. The number of para-hydroxylation sites is 1. The van der Waals surface area contributed by atoms with Crippen LogP contribution in [0.1, 0.15) is 23.2 Å². The van der Waals surface area contributed by atoms with Gasteiger partial charge in [-0.25, -0.2) is 4.79 Å². The first kappa shape index (κ1) is 17.3. The molecule has 2 aliphatic rings. The van der Waals surface area contributed by atoms with Gasteiger partial charge in [0.15, 0.2) is 0 Å². The van der Waals surface area contributed by atoms with Gasteiger partial charge in [0.2, 0.25) is 0 Å². The number of aromatic carboxylic acids is 1. The number of nitrogens with zero attached hydrogens (tertiary/aromatic N) is 2. The highest BCUT2D eigenvalue weighted by Gasteiger charge is 2.36. The van der Waals surface area contributed by atoms with Crippen LogP contribution in [0.25, 0.3) is 0 Å². The number of amides is 2. The van der Waals surface area contributed by atoms with Gasteiger partial charge >= 0.3 is 5.97 Å². The van der Waals surface area contributed by atoms with E-state index >= 15 is 0 Å². The lowest BCUT2D eigenvalue weighted by Gasteiger charge is -2.21. The van der Waals surface area contributed by atoms with E-state index in [1.165, 1.54) is 16.8 Å². The van der Waals surface area contributed by atoms with Crippen LogP contribution in [0.5, 0.6) is 0 Å². The molecule has 0 atom stereocenters. The third-order valence-electron chi connectivity index (χ3n) is 4.22. The van der Waals surface area contributed by atoms with E-state index in [1.54, 1.807) is 41.7 Å². The number of benzene rings is 1. The Hall–Kier alpha value is -2.54. The minimum absolute atomic E-state index is 0.196. The Labute approximate surface area is 149 Å². The smallest absolute Gasteiger partial charge is 0.337 e. The van der Waals surface area contributed by atoms with Crippen molar-refractivity contribution < 1.29 is 19.5 Å². The van der Waals surface area contributed by atoms with Gasteiger partial charge in [-0.15, -0.1) is 0 Å². The van der Waals surface area contributed by atoms with Crippen LogP contribution < -0.4 is 4.31 Å². The van der Waals surface area contributed by atoms with E-state index < -0.39 is 5.97 Å². The van der Waals surface area contributed by atoms with Crippen LogP contribution in [0, 0.1) is 0 Å². The van der Waals surface area contributed by atoms with Crippen LogP contribution in [-0.2, 0) is 9.59 Å². The molecule has 1 aromatic rings. The van der Waals surface area contributed by atoms with Gasteiger partial charge in [-0.05, 0) is 36.9 Å². The highest BCUT2D eigenvalue weighted by molar-refractivity contribution is 8.00. The minimum atomic E-state index is -0.989. The van der Waals surface area contributed by atoms with Gasteiger partial charge in [0.25, 0.3) is 11.8 Å². The van der Waals surface area contributed by atoms with E-state index in [4.69, 9.17) is 0 Å². The second-order valence-corrected chi connectivity index (χ2v) is 6.96. The van der Waals surface area contributed by atoms with Gasteiger partial charge < -0.3 is 9.41 Å². The number of hydrogen-bond acceptors (Lipinski definition) is 5. The van der Waals surface area contributed by atoms with Crippen molar-refractivity contribution in [1.82, 2.24) is 4.90 Å². The second kappa shape index (κ2) is 7.14. The number of carboxylic acid groups (broad SMARTS) is 1. The molecule has 1 aromatic carbocycles. The van der Waals surface area contributed by atoms with Crippen molar-refractivity contribution in [2.45, 2.75) is 12.8 Å². The standard InChI is InChI=1S/C18H18N2O4S/c1-19(15-9-5-4-8-14(15)18(23)24)25-11-10-20-16(21)12-6-2-3-7-13(12)17(20)22/h2,4-6,8-9H,3,7,10-11H2,1H3,(H,23,24). The molecular formula is C18H18N2O4S. The van der Waals surface area contributed by atoms with Crippen molar-refractivity contribution >= 4 is 35.4 Å². The average molecular weight is 358 g/mol. The molecular weight excluding hydrogens is 340 g/mol. The summed E-state index contributed by atoms with van der Waals surface area (Å²) in [5.74, 6) is -0.924. The van der Waals surface area contributed by atoms with Crippen LogP contribution >= 0.6 is 11.9 Å². The van der Waals surface area contributed by atoms with Crippen molar-refractivity contribution in [2.24, 2.45) is 0 Å². The lowest BCUT2D eigenvalue weighted by molar-refractivity contribution is -0.137. The number of imide groups is 1.